The number of H-pyrrole nitrogens is 1. The Bertz CT molecular complexity index is 1680. The van der Waals surface area contributed by atoms with Gasteiger partial charge in [-0.05, 0) is 86.1 Å². The fourth-order valence-electron chi connectivity index (χ4n) is 6.89. The first-order chi connectivity index (χ1) is 22.2. The molecule has 0 radical (unpaired) electrons. The van der Waals surface area contributed by atoms with E-state index in [-0.39, 0.29) is 29.9 Å². The Balaban J connectivity index is 1.24. The quantitative estimate of drug-likeness (QED) is 0.214. The van der Waals surface area contributed by atoms with E-state index in [9.17, 15) is 9.59 Å². The molecule has 0 saturated carbocycles. The lowest BCUT2D eigenvalue weighted by Crippen LogP contribution is -2.57. The van der Waals surface area contributed by atoms with Gasteiger partial charge in [0.25, 0.3) is 0 Å². The van der Waals surface area contributed by atoms with E-state index in [1.54, 1.807) is 4.90 Å². The van der Waals surface area contributed by atoms with Crippen LogP contribution in [0.4, 0.5) is 10.5 Å². The number of aromatic nitrogens is 1. The fraction of sp³-hybridized carbons (Fsp3) is 0.389. The van der Waals surface area contributed by atoms with Crippen LogP contribution in [-0.2, 0) is 11.2 Å². The molecule has 3 amide bonds. The zero-order chi connectivity index (χ0) is 32.4. The van der Waals surface area contributed by atoms with Crippen molar-refractivity contribution in [3.05, 3.63) is 94.1 Å². The normalized spacial score (nSPS) is 18.3. The summed E-state index contributed by atoms with van der Waals surface area (Å²) in [5.74, 6) is 0.563. The van der Waals surface area contributed by atoms with E-state index in [4.69, 9.17) is 27.9 Å². The van der Waals surface area contributed by atoms with Crippen LogP contribution in [0.1, 0.15) is 36.8 Å². The van der Waals surface area contributed by atoms with E-state index in [1.165, 1.54) is 0 Å². The van der Waals surface area contributed by atoms with Crippen LogP contribution < -0.4 is 15.0 Å². The van der Waals surface area contributed by atoms with E-state index in [0.717, 1.165) is 46.4 Å². The molecule has 2 N–H and O–H groups in total. The molecule has 1 saturated heterocycles. The van der Waals surface area contributed by atoms with Crippen molar-refractivity contribution in [1.29, 1.82) is 0 Å². The number of hydrogen-bond acceptors (Lipinski definition) is 4. The first-order valence-corrected chi connectivity index (χ1v) is 16.7. The molecule has 46 heavy (non-hydrogen) atoms. The summed E-state index contributed by atoms with van der Waals surface area (Å²) in [5.41, 5.74) is 3.89. The number of nitrogens with zero attached hydrogens (tertiary/aromatic N) is 3. The van der Waals surface area contributed by atoms with Crippen molar-refractivity contribution in [3.63, 3.8) is 0 Å². The molecular formula is C36H41Cl2N5O3. The number of para-hydroxylation sites is 1. The molecule has 1 fully saturated rings. The van der Waals surface area contributed by atoms with Crippen molar-refractivity contribution in [1.82, 2.24) is 20.1 Å². The molecular weight excluding hydrogens is 621 g/mol. The third kappa shape index (κ3) is 7.14. The minimum Gasteiger partial charge on any atom is -0.490 e. The van der Waals surface area contributed by atoms with Gasteiger partial charge in [0, 0.05) is 77.8 Å². The second-order valence-corrected chi connectivity index (χ2v) is 13.7. The highest BCUT2D eigenvalue weighted by atomic mass is 35.5. The lowest BCUT2D eigenvalue weighted by molar-refractivity contribution is -0.121. The van der Waals surface area contributed by atoms with E-state index in [0.29, 0.717) is 42.5 Å². The maximum Gasteiger partial charge on any atom is 0.318 e. The third-order valence-corrected chi connectivity index (χ3v) is 9.66. The van der Waals surface area contributed by atoms with Crippen molar-refractivity contribution in [2.24, 2.45) is 5.92 Å². The number of fused-ring (bicyclic) bond motifs is 2. The monoisotopic (exact) mass is 661 g/mol. The molecule has 2 unspecified atom stereocenters. The molecule has 0 bridgehead atoms. The SMILES string of the molecule is CC(c1c[nH]c2ccccc12)C(NC(=O)N1CCC(Oc2ccc(Cl)cc2)CC1)C(=O)N1C[C@@H](CN(C)C)Cc2cc(Cl)ccc21. The predicted octanol–water partition coefficient (Wildman–Crippen LogP) is 6.97. The average Bonchev–Trinajstić information content (AvgIpc) is 3.48. The average molecular weight is 663 g/mol. The molecule has 4 aromatic rings. The highest BCUT2D eigenvalue weighted by Gasteiger charge is 2.38. The number of halogens is 2. The molecule has 10 heteroatoms. The summed E-state index contributed by atoms with van der Waals surface area (Å²) in [4.78, 5) is 37.8. The largest absolute Gasteiger partial charge is 0.490 e. The van der Waals surface area contributed by atoms with Gasteiger partial charge in [0.15, 0.2) is 0 Å². The highest BCUT2D eigenvalue weighted by Crippen LogP contribution is 2.35. The Labute approximate surface area is 280 Å². The summed E-state index contributed by atoms with van der Waals surface area (Å²) in [6.45, 7) is 4.48. The smallest absolute Gasteiger partial charge is 0.318 e. The van der Waals surface area contributed by atoms with Gasteiger partial charge in [-0.2, -0.15) is 0 Å². The molecule has 8 nitrogen and oxygen atoms in total. The Hall–Kier alpha value is -3.72. The number of rotatable bonds is 8. The van der Waals surface area contributed by atoms with Crippen LogP contribution in [0.25, 0.3) is 10.9 Å². The number of likely N-dealkylation sites (tertiary alicyclic amines) is 1. The number of nitrogens with one attached hydrogen (secondary N) is 2. The lowest BCUT2D eigenvalue weighted by atomic mass is 9.88. The second kappa shape index (κ2) is 14.0. The van der Waals surface area contributed by atoms with Gasteiger partial charge in [-0.1, -0.05) is 48.3 Å². The van der Waals surface area contributed by atoms with Gasteiger partial charge in [0.2, 0.25) is 5.91 Å². The molecule has 3 aromatic carbocycles. The van der Waals surface area contributed by atoms with E-state index in [1.807, 2.05) is 92.8 Å². The standard InChI is InChI=1S/C36H41Cl2N5O3/c1-23(31-20-39-32-7-5-4-6-30(31)32)34(35(44)43-22-24(21-41(2)3)18-25-19-27(38)10-13-33(25)43)40-36(45)42-16-14-29(15-17-42)46-28-11-8-26(37)9-12-28/h4-13,19-20,23-24,29,34,39H,14-18,21-22H2,1-3H3,(H,40,45)/t23?,24-,34?/m1/s1. The Morgan fingerprint density at radius 1 is 1.02 bits per heavy atom. The van der Waals surface area contributed by atoms with Gasteiger partial charge in [0.05, 0.1) is 0 Å². The van der Waals surface area contributed by atoms with E-state index in [2.05, 4.69) is 21.3 Å². The molecule has 0 aliphatic carbocycles. The van der Waals surface area contributed by atoms with Crippen LogP contribution in [0.15, 0.2) is 72.9 Å². The van der Waals surface area contributed by atoms with Crippen LogP contribution in [0.5, 0.6) is 5.75 Å². The van der Waals surface area contributed by atoms with E-state index < -0.39 is 6.04 Å². The summed E-state index contributed by atoms with van der Waals surface area (Å²) >= 11 is 12.4. The maximum atomic E-state index is 14.8. The number of urea groups is 1. The summed E-state index contributed by atoms with van der Waals surface area (Å²) in [6.07, 6.45) is 4.18. The molecule has 2 aliphatic heterocycles. The molecule has 3 heterocycles. The number of anilines is 1. The predicted molar refractivity (Wildman–Crippen MR) is 185 cm³/mol. The molecule has 242 valence electrons. The van der Waals surface area contributed by atoms with Crippen molar-refractivity contribution in [3.8, 4) is 5.75 Å². The van der Waals surface area contributed by atoms with Gasteiger partial charge in [-0.3, -0.25) is 4.79 Å². The molecule has 2 aliphatic rings. The summed E-state index contributed by atoms with van der Waals surface area (Å²) in [6, 6.07) is 20.1. The van der Waals surface area contributed by atoms with Crippen LogP contribution in [0.2, 0.25) is 10.0 Å². The highest BCUT2D eigenvalue weighted by molar-refractivity contribution is 6.31. The molecule has 3 atom stereocenters. The van der Waals surface area contributed by atoms with Crippen molar-refractivity contribution >= 4 is 51.7 Å². The molecule has 1 aromatic heterocycles. The number of benzene rings is 3. The van der Waals surface area contributed by atoms with Gasteiger partial charge in [-0.25, -0.2) is 4.79 Å². The van der Waals surface area contributed by atoms with Crippen molar-refractivity contribution in [2.45, 2.75) is 44.2 Å². The number of hydrogen-bond donors (Lipinski definition) is 2. The van der Waals surface area contributed by atoms with Crippen LogP contribution in [0.3, 0.4) is 0 Å². The van der Waals surface area contributed by atoms with E-state index >= 15 is 0 Å². The van der Waals surface area contributed by atoms with Crippen LogP contribution in [-0.4, -0.2) is 79.1 Å². The van der Waals surface area contributed by atoms with Gasteiger partial charge in [-0.15, -0.1) is 0 Å². The minimum absolute atomic E-state index is 0.00176. The number of piperidine rings is 1. The summed E-state index contributed by atoms with van der Waals surface area (Å²) in [5, 5.41) is 5.55. The number of aromatic amines is 1. The lowest BCUT2D eigenvalue weighted by Gasteiger charge is -2.39. The number of amides is 3. The van der Waals surface area contributed by atoms with Gasteiger partial charge < -0.3 is 29.7 Å². The first kappa shape index (κ1) is 32.2. The van der Waals surface area contributed by atoms with Crippen molar-refractivity contribution < 1.29 is 14.3 Å². The van der Waals surface area contributed by atoms with Gasteiger partial charge in [0.1, 0.15) is 17.9 Å². The topological polar surface area (TPSA) is 80.9 Å². The van der Waals surface area contributed by atoms with Gasteiger partial charge >= 0.3 is 6.03 Å². The maximum absolute atomic E-state index is 14.8. The fourth-order valence-corrected chi connectivity index (χ4v) is 7.21. The minimum atomic E-state index is -0.795. The molecule has 6 rings (SSSR count). The molecule has 0 spiro atoms. The number of ether oxygens (including phenoxy) is 1. The Morgan fingerprint density at radius 3 is 2.48 bits per heavy atom. The summed E-state index contributed by atoms with van der Waals surface area (Å²) < 4.78 is 6.15. The number of carbonyl (C=O) groups is 2. The third-order valence-electron chi connectivity index (χ3n) is 9.17. The van der Waals surface area contributed by atoms with Crippen molar-refractivity contribution in [2.75, 3.05) is 45.2 Å². The Kier molecular flexibility index (Phi) is 9.78. The zero-order valence-electron chi connectivity index (χ0n) is 26.5. The Morgan fingerprint density at radius 2 is 1.74 bits per heavy atom. The zero-order valence-corrected chi connectivity index (χ0v) is 28.0. The number of carbonyl (C=O) groups excluding carboxylic acids is 2. The first-order valence-electron chi connectivity index (χ1n) is 15.9. The summed E-state index contributed by atoms with van der Waals surface area (Å²) in [7, 11) is 4.09. The van der Waals surface area contributed by atoms with Crippen LogP contribution in [0, 0.1) is 5.92 Å². The van der Waals surface area contributed by atoms with Crippen LogP contribution >= 0.6 is 23.2 Å². The second-order valence-electron chi connectivity index (χ2n) is 12.8.